The van der Waals surface area contributed by atoms with Crippen LogP contribution in [-0.4, -0.2) is 32.9 Å². The Hall–Kier alpha value is -2.81. The zero-order chi connectivity index (χ0) is 18.9. The number of aromatic nitrogens is 2. The summed E-state index contributed by atoms with van der Waals surface area (Å²) in [5, 5.41) is 11.0. The Balaban J connectivity index is 2.70. The Morgan fingerprint density at radius 2 is 2.00 bits per heavy atom. The maximum atomic E-state index is 12.6. The highest BCUT2D eigenvalue weighted by Crippen LogP contribution is 2.28. The molecule has 2 heterocycles. The average Bonchev–Trinajstić information content (AvgIpc) is 2.99. The second kappa shape index (κ2) is 6.60. The maximum Gasteiger partial charge on any atom is 0.358 e. The minimum Gasteiger partial charge on any atom is -0.476 e. The van der Waals surface area contributed by atoms with Crippen molar-refractivity contribution in [2.75, 3.05) is 0 Å². The Kier molecular flexibility index (Phi) is 4.89. The van der Waals surface area contributed by atoms with E-state index in [1.165, 1.54) is 13.1 Å². The van der Waals surface area contributed by atoms with Crippen LogP contribution >= 0.6 is 11.3 Å². The van der Waals surface area contributed by atoms with Crippen LogP contribution in [0.1, 0.15) is 41.6 Å². The molecule has 0 aliphatic heterocycles. The third-order valence-electron chi connectivity index (χ3n) is 3.28. The van der Waals surface area contributed by atoms with Gasteiger partial charge < -0.3 is 9.84 Å². The summed E-state index contributed by atoms with van der Waals surface area (Å²) in [6, 6.07) is 1.53. The number of esters is 1. The first-order chi connectivity index (χ1) is 11.6. The van der Waals surface area contributed by atoms with Gasteiger partial charge in [-0.05, 0) is 32.2 Å². The van der Waals surface area contributed by atoms with Crippen LogP contribution in [0.15, 0.2) is 16.2 Å². The second-order valence-electron chi connectivity index (χ2n) is 6.24. The maximum absolute atomic E-state index is 12.6. The van der Waals surface area contributed by atoms with E-state index in [2.05, 4.69) is 4.98 Å². The minimum atomic E-state index is -1.51. The number of hydrogen-bond donors (Lipinski definition) is 1. The number of carboxylic acids is 1. The van der Waals surface area contributed by atoms with Gasteiger partial charge in [0.1, 0.15) is 0 Å². The quantitative estimate of drug-likeness (QED) is 0.651. The van der Waals surface area contributed by atoms with Crippen LogP contribution in [-0.2, 0) is 11.8 Å². The highest BCUT2D eigenvalue weighted by atomic mass is 32.1. The summed E-state index contributed by atoms with van der Waals surface area (Å²) in [4.78, 5) is 51.6. The molecule has 0 bridgehead atoms. The first kappa shape index (κ1) is 18.5. The Morgan fingerprint density at radius 3 is 2.52 bits per heavy atom. The number of aromatic carboxylic acids is 1. The fraction of sp³-hybridized carbons (Fsp3) is 0.312. The summed E-state index contributed by atoms with van der Waals surface area (Å²) in [6.07, 6.45) is 0.589. The minimum absolute atomic E-state index is 0.00931. The van der Waals surface area contributed by atoms with E-state index in [1.807, 2.05) is 0 Å². The van der Waals surface area contributed by atoms with Gasteiger partial charge in [0, 0.05) is 12.6 Å². The van der Waals surface area contributed by atoms with Crippen molar-refractivity contribution in [3.63, 3.8) is 0 Å². The lowest BCUT2D eigenvalue weighted by Crippen LogP contribution is -2.32. The van der Waals surface area contributed by atoms with Gasteiger partial charge >= 0.3 is 11.9 Å². The standard InChI is InChI=1S/C16H16N2O6S/c1-16(2,3)15(23)24-10-9(14(21)22)17-12(18(4)13(10)20)11-8(7-19)5-6-25-11/h5-7H,1-4H3,(H,21,22). The van der Waals surface area contributed by atoms with Gasteiger partial charge in [-0.1, -0.05) is 0 Å². The van der Waals surface area contributed by atoms with Crippen LogP contribution in [0, 0.1) is 5.41 Å². The Labute approximate surface area is 146 Å². The molecule has 8 nitrogen and oxygen atoms in total. The summed E-state index contributed by atoms with van der Waals surface area (Å²) in [5.41, 5.74) is -2.16. The van der Waals surface area contributed by atoms with Gasteiger partial charge in [-0.25, -0.2) is 9.78 Å². The smallest absolute Gasteiger partial charge is 0.358 e. The SMILES string of the molecule is Cn1c(-c2sccc2C=O)nc(C(=O)O)c(OC(=O)C(C)(C)C)c1=O. The molecule has 25 heavy (non-hydrogen) atoms. The van der Waals surface area contributed by atoms with Crippen molar-refractivity contribution in [3.05, 3.63) is 33.1 Å². The lowest BCUT2D eigenvalue weighted by atomic mass is 9.97. The topological polar surface area (TPSA) is 116 Å². The first-order valence-corrected chi connectivity index (χ1v) is 8.05. The van der Waals surface area contributed by atoms with Crippen LogP contribution in [0.5, 0.6) is 5.75 Å². The van der Waals surface area contributed by atoms with Gasteiger partial charge in [-0.2, -0.15) is 0 Å². The van der Waals surface area contributed by atoms with Crippen molar-refractivity contribution in [2.24, 2.45) is 12.5 Å². The normalized spacial score (nSPS) is 11.2. The van der Waals surface area contributed by atoms with Gasteiger partial charge in [0.15, 0.2) is 17.8 Å². The van der Waals surface area contributed by atoms with Crippen LogP contribution in [0.4, 0.5) is 0 Å². The summed E-state index contributed by atoms with van der Waals surface area (Å²) < 4.78 is 6.08. The fourth-order valence-corrected chi connectivity index (χ4v) is 2.75. The molecular formula is C16H16N2O6S. The van der Waals surface area contributed by atoms with Crippen LogP contribution in [0.3, 0.4) is 0 Å². The van der Waals surface area contributed by atoms with E-state index in [0.717, 1.165) is 15.9 Å². The average molecular weight is 364 g/mol. The number of carboxylic acid groups (broad SMARTS) is 1. The molecule has 0 amide bonds. The third-order valence-corrected chi connectivity index (χ3v) is 4.21. The van der Waals surface area contributed by atoms with E-state index in [1.54, 1.807) is 26.2 Å². The van der Waals surface area contributed by atoms with Gasteiger partial charge in [0.2, 0.25) is 5.75 Å². The number of carbonyl (C=O) groups excluding carboxylic acids is 2. The lowest BCUT2D eigenvalue weighted by Gasteiger charge is -2.17. The predicted octanol–water partition coefficient (Wildman–Crippen LogP) is 1.97. The van der Waals surface area contributed by atoms with Crippen molar-refractivity contribution < 1.29 is 24.2 Å². The Morgan fingerprint density at radius 1 is 1.36 bits per heavy atom. The predicted molar refractivity (Wildman–Crippen MR) is 90.2 cm³/mol. The molecule has 0 radical (unpaired) electrons. The van der Waals surface area contributed by atoms with Crippen LogP contribution < -0.4 is 10.3 Å². The molecule has 2 aromatic heterocycles. The largest absolute Gasteiger partial charge is 0.476 e. The molecular weight excluding hydrogens is 348 g/mol. The number of thiophene rings is 1. The van der Waals surface area contributed by atoms with E-state index >= 15 is 0 Å². The van der Waals surface area contributed by atoms with E-state index in [-0.39, 0.29) is 11.4 Å². The highest BCUT2D eigenvalue weighted by molar-refractivity contribution is 7.13. The molecule has 0 unspecified atom stereocenters. The monoisotopic (exact) mass is 364 g/mol. The van der Waals surface area contributed by atoms with E-state index in [0.29, 0.717) is 11.2 Å². The second-order valence-corrected chi connectivity index (χ2v) is 7.16. The molecule has 0 spiro atoms. The molecule has 0 fully saturated rings. The highest BCUT2D eigenvalue weighted by Gasteiger charge is 2.30. The third kappa shape index (κ3) is 3.50. The number of aldehydes is 1. The molecule has 0 aliphatic rings. The van der Waals surface area contributed by atoms with Gasteiger partial charge in [-0.15, -0.1) is 11.3 Å². The molecule has 0 saturated carbocycles. The first-order valence-electron chi connectivity index (χ1n) is 7.17. The molecule has 0 aromatic carbocycles. The van der Waals surface area contributed by atoms with Crippen molar-refractivity contribution in [1.29, 1.82) is 0 Å². The number of rotatable bonds is 4. The van der Waals surface area contributed by atoms with Crippen molar-refractivity contribution in [2.45, 2.75) is 20.8 Å². The number of hydrogen-bond acceptors (Lipinski definition) is 7. The van der Waals surface area contributed by atoms with Crippen molar-refractivity contribution in [1.82, 2.24) is 9.55 Å². The molecule has 0 aliphatic carbocycles. The zero-order valence-corrected chi connectivity index (χ0v) is 14.8. The molecule has 9 heteroatoms. The van der Waals surface area contributed by atoms with Gasteiger partial charge in [0.25, 0.3) is 5.56 Å². The summed E-state index contributed by atoms with van der Waals surface area (Å²) >= 11 is 1.14. The van der Waals surface area contributed by atoms with Crippen LogP contribution in [0.25, 0.3) is 10.7 Å². The van der Waals surface area contributed by atoms with Gasteiger partial charge in [-0.3, -0.25) is 19.0 Å². The number of nitrogens with zero attached hydrogens (tertiary/aromatic N) is 2. The van der Waals surface area contributed by atoms with E-state index in [9.17, 15) is 24.3 Å². The molecule has 132 valence electrons. The Bertz CT molecular complexity index is 920. The number of carbonyl (C=O) groups is 3. The molecule has 1 N–H and O–H groups in total. The van der Waals surface area contributed by atoms with Crippen LogP contribution in [0.2, 0.25) is 0 Å². The van der Waals surface area contributed by atoms with Crippen molar-refractivity contribution >= 4 is 29.6 Å². The number of ether oxygens (including phenoxy) is 1. The zero-order valence-electron chi connectivity index (χ0n) is 14.0. The van der Waals surface area contributed by atoms with E-state index in [4.69, 9.17) is 4.74 Å². The molecule has 2 aromatic rings. The lowest BCUT2D eigenvalue weighted by molar-refractivity contribution is -0.143. The fourth-order valence-electron chi connectivity index (χ4n) is 1.86. The molecule has 0 saturated heterocycles. The molecule has 2 rings (SSSR count). The molecule has 0 atom stereocenters. The van der Waals surface area contributed by atoms with Crippen molar-refractivity contribution in [3.8, 4) is 16.5 Å². The summed E-state index contributed by atoms with van der Waals surface area (Å²) in [6.45, 7) is 4.72. The summed E-state index contributed by atoms with van der Waals surface area (Å²) in [7, 11) is 1.36. The van der Waals surface area contributed by atoms with E-state index < -0.39 is 34.4 Å². The van der Waals surface area contributed by atoms with Gasteiger partial charge in [0.05, 0.1) is 10.3 Å². The summed E-state index contributed by atoms with van der Waals surface area (Å²) in [5.74, 6) is -2.91.